The lowest BCUT2D eigenvalue weighted by atomic mass is 10.1. The molecule has 0 spiro atoms. The molecule has 0 aliphatic carbocycles. The SMILES string of the molecule is COC(=O)/C(=C\c1ccc(Br)cc1)C(=O)n1cc(C)c2ccccc21. The lowest BCUT2D eigenvalue weighted by Crippen LogP contribution is -2.20. The van der Waals surface area contributed by atoms with Gasteiger partial charge < -0.3 is 4.74 Å². The maximum atomic E-state index is 13.0. The van der Waals surface area contributed by atoms with Gasteiger partial charge in [0.1, 0.15) is 5.57 Å². The van der Waals surface area contributed by atoms with Crippen molar-refractivity contribution in [2.75, 3.05) is 7.11 Å². The molecule has 0 radical (unpaired) electrons. The second-order valence-electron chi connectivity index (χ2n) is 5.61. The van der Waals surface area contributed by atoms with Gasteiger partial charge in [-0.15, -0.1) is 0 Å². The van der Waals surface area contributed by atoms with Gasteiger partial charge in [0, 0.05) is 16.1 Å². The number of fused-ring (bicyclic) bond motifs is 1. The lowest BCUT2D eigenvalue weighted by molar-refractivity contribution is -0.135. The summed E-state index contributed by atoms with van der Waals surface area (Å²) >= 11 is 3.37. The van der Waals surface area contributed by atoms with E-state index in [4.69, 9.17) is 4.74 Å². The maximum Gasteiger partial charge on any atom is 0.343 e. The fourth-order valence-corrected chi connectivity index (χ4v) is 2.96. The van der Waals surface area contributed by atoms with Crippen LogP contribution in [0.25, 0.3) is 17.0 Å². The Morgan fingerprint density at radius 2 is 1.76 bits per heavy atom. The van der Waals surface area contributed by atoms with E-state index in [0.29, 0.717) is 0 Å². The average molecular weight is 398 g/mol. The molecule has 0 amide bonds. The number of ether oxygens (including phenoxy) is 1. The zero-order chi connectivity index (χ0) is 18.0. The number of halogens is 1. The number of nitrogens with zero attached hydrogens (tertiary/aromatic N) is 1. The van der Waals surface area contributed by atoms with Gasteiger partial charge in [-0.05, 0) is 42.3 Å². The Kier molecular flexibility index (Phi) is 4.86. The summed E-state index contributed by atoms with van der Waals surface area (Å²) < 4.78 is 7.23. The number of hydrogen-bond acceptors (Lipinski definition) is 3. The summed E-state index contributed by atoms with van der Waals surface area (Å²) in [6.07, 6.45) is 3.29. The maximum absolute atomic E-state index is 13.0. The van der Waals surface area contributed by atoms with Crippen molar-refractivity contribution >= 4 is 44.8 Å². The van der Waals surface area contributed by atoms with Crippen molar-refractivity contribution in [3.05, 3.63) is 75.9 Å². The van der Waals surface area contributed by atoms with E-state index < -0.39 is 11.9 Å². The van der Waals surface area contributed by atoms with Crippen molar-refractivity contribution in [1.29, 1.82) is 0 Å². The van der Waals surface area contributed by atoms with Crippen LogP contribution in [0.4, 0.5) is 0 Å². The van der Waals surface area contributed by atoms with Gasteiger partial charge in [0.2, 0.25) is 0 Å². The number of aryl methyl sites for hydroxylation is 1. The molecule has 4 nitrogen and oxygen atoms in total. The van der Waals surface area contributed by atoms with E-state index in [2.05, 4.69) is 15.9 Å². The van der Waals surface area contributed by atoms with Crippen LogP contribution < -0.4 is 0 Å². The summed E-state index contributed by atoms with van der Waals surface area (Å²) in [6, 6.07) is 14.9. The molecular weight excluding hydrogens is 382 g/mol. The van der Waals surface area contributed by atoms with Crippen molar-refractivity contribution < 1.29 is 14.3 Å². The molecule has 1 aromatic heterocycles. The number of carbonyl (C=O) groups excluding carboxylic acids is 2. The van der Waals surface area contributed by atoms with Gasteiger partial charge in [0.05, 0.1) is 12.6 Å². The Hall–Kier alpha value is -2.66. The Morgan fingerprint density at radius 3 is 2.44 bits per heavy atom. The monoisotopic (exact) mass is 397 g/mol. The normalized spacial score (nSPS) is 11.6. The first kappa shape index (κ1) is 17.2. The van der Waals surface area contributed by atoms with E-state index in [1.165, 1.54) is 11.7 Å². The molecule has 126 valence electrons. The van der Waals surface area contributed by atoms with Crippen LogP contribution in [-0.2, 0) is 9.53 Å². The van der Waals surface area contributed by atoms with Crippen molar-refractivity contribution in [3.8, 4) is 0 Å². The van der Waals surface area contributed by atoms with Crippen molar-refractivity contribution in [2.24, 2.45) is 0 Å². The zero-order valence-electron chi connectivity index (χ0n) is 13.8. The van der Waals surface area contributed by atoms with E-state index in [9.17, 15) is 9.59 Å². The lowest BCUT2D eigenvalue weighted by Gasteiger charge is -2.07. The molecule has 0 bridgehead atoms. The van der Waals surface area contributed by atoms with Gasteiger partial charge in [0.15, 0.2) is 0 Å². The first-order valence-corrected chi connectivity index (χ1v) is 8.47. The molecule has 0 fully saturated rings. The number of aromatic nitrogens is 1. The molecule has 3 rings (SSSR count). The predicted octanol–water partition coefficient (Wildman–Crippen LogP) is 4.61. The summed E-state index contributed by atoms with van der Waals surface area (Å²) in [6.45, 7) is 1.93. The summed E-state index contributed by atoms with van der Waals surface area (Å²) in [5, 5.41) is 0.976. The number of esters is 1. The second kappa shape index (κ2) is 7.07. The molecule has 0 saturated heterocycles. The fourth-order valence-electron chi connectivity index (χ4n) is 2.69. The van der Waals surface area contributed by atoms with Crippen molar-refractivity contribution in [1.82, 2.24) is 4.57 Å². The molecular formula is C20H16BrNO3. The van der Waals surface area contributed by atoms with Gasteiger partial charge in [0.25, 0.3) is 5.91 Å². The van der Waals surface area contributed by atoms with Crippen LogP contribution in [0.5, 0.6) is 0 Å². The Labute approximate surface area is 153 Å². The molecule has 2 aromatic carbocycles. The molecule has 1 heterocycles. The van der Waals surface area contributed by atoms with Crippen molar-refractivity contribution in [3.63, 3.8) is 0 Å². The first-order valence-electron chi connectivity index (χ1n) is 7.68. The number of rotatable bonds is 3. The fraction of sp³-hybridized carbons (Fsp3) is 0.100. The highest BCUT2D eigenvalue weighted by atomic mass is 79.9. The van der Waals surface area contributed by atoms with Crippen LogP contribution >= 0.6 is 15.9 Å². The first-order chi connectivity index (χ1) is 12.0. The Morgan fingerprint density at radius 1 is 1.08 bits per heavy atom. The Balaban J connectivity index is 2.11. The average Bonchev–Trinajstić information content (AvgIpc) is 2.97. The second-order valence-corrected chi connectivity index (χ2v) is 6.52. The van der Waals surface area contributed by atoms with Gasteiger partial charge in [-0.2, -0.15) is 0 Å². The van der Waals surface area contributed by atoms with Crippen LogP contribution in [0, 0.1) is 6.92 Å². The van der Waals surface area contributed by atoms with Crippen LogP contribution in [-0.4, -0.2) is 23.6 Å². The summed E-state index contributed by atoms with van der Waals surface area (Å²) in [5.74, 6) is -1.08. The highest BCUT2D eigenvalue weighted by Gasteiger charge is 2.22. The van der Waals surface area contributed by atoms with E-state index in [0.717, 1.165) is 26.5 Å². The van der Waals surface area contributed by atoms with E-state index >= 15 is 0 Å². The zero-order valence-corrected chi connectivity index (χ0v) is 15.4. The topological polar surface area (TPSA) is 48.3 Å². The van der Waals surface area contributed by atoms with Crippen LogP contribution in [0.1, 0.15) is 15.9 Å². The summed E-state index contributed by atoms with van der Waals surface area (Å²) in [4.78, 5) is 25.2. The molecule has 0 atom stereocenters. The van der Waals surface area contributed by atoms with E-state index in [1.807, 2.05) is 55.5 Å². The largest absolute Gasteiger partial charge is 0.465 e. The minimum atomic E-state index is -0.664. The van der Waals surface area contributed by atoms with Crippen LogP contribution in [0.15, 0.2) is 64.8 Å². The summed E-state index contributed by atoms with van der Waals surface area (Å²) in [7, 11) is 1.27. The quantitative estimate of drug-likeness (QED) is 0.280. The summed E-state index contributed by atoms with van der Waals surface area (Å²) in [5.41, 5.74) is 2.45. The van der Waals surface area contributed by atoms with Gasteiger partial charge in [-0.1, -0.05) is 46.3 Å². The minimum absolute atomic E-state index is 0.0226. The third kappa shape index (κ3) is 3.42. The number of benzene rings is 2. The van der Waals surface area contributed by atoms with Crippen LogP contribution in [0.2, 0.25) is 0 Å². The van der Waals surface area contributed by atoms with E-state index in [-0.39, 0.29) is 5.57 Å². The van der Waals surface area contributed by atoms with Gasteiger partial charge in [-0.3, -0.25) is 9.36 Å². The molecule has 0 unspecified atom stereocenters. The molecule has 0 aliphatic rings. The minimum Gasteiger partial charge on any atom is -0.465 e. The van der Waals surface area contributed by atoms with Crippen LogP contribution in [0.3, 0.4) is 0 Å². The third-order valence-corrected chi connectivity index (χ3v) is 4.48. The highest BCUT2D eigenvalue weighted by molar-refractivity contribution is 9.10. The molecule has 25 heavy (non-hydrogen) atoms. The Bertz CT molecular complexity index is 984. The number of carbonyl (C=O) groups is 2. The number of hydrogen-bond donors (Lipinski definition) is 0. The number of methoxy groups -OCH3 is 1. The molecule has 0 saturated carbocycles. The molecule has 3 aromatic rings. The molecule has 5 heteroatoms. The van der Waals surface area contributed by atoms with Crippen molar-refractivity contribution in [2.45, 2.75) is 6.92 Å². The smallest absolute Gasteiger partial charge is 0.343 e. The standard InChI is InChI=1S/C20H16BrNO3/c1-13-12-22(18-6-4-3-5-16(13)18)19(23)17(20(24)25-2)11-14-7-9-15(21)10-8-14/h3-12H,1-2H3/b17-11-. The molecule has 0 N–H and O–H groups in total. The highest BCUT2D eigenvalue weighted by Crippen LogP contribution is 2.22. The molecule has 0 aliphatic heterocycles. The van der Waals surface area contributed by atoms with E-state index in [1.54, 1.807) is 12.3 Å². The third-order valence-electron chi connectivity index (χ3n) is 3.95. The van der Waals surface area contributed by atoms with Gasteiger partial charge >= 0.3 is 5.97 Å². The number of para-hydroxylation sites is 1. The predicted molar refractivity (Wildman–Crippen MR) is 101 cm³/mol. The van der Waals surface area contributed by atoms with Gasteiger partial charge in [-0.25, -0.2) is 4.79 Å².